The van der Waals surface area contributed by atoms with Gasteiger partial charge in [-0.3, -0.25) is 14.6 Å². The molecule has 0 radical (unpaired) electrons. The number of carbonyl (C=O) groups is 2. The van der Waals surface area contributed by atoms with Gasteiger partial charge in [0.05, 0.1) is 6.61 Å². The summed E-state index contributed by atoms with van der Waals surface area (Å²) in [6.45, 7) is 6.91. The maximum atomic E-state index is 11.9. The Labute approximate surface area is 173 Å². The van der Waals surface area contributed by atoms with Crippen LogP contribution in [0, 0.1) is 5.92 Å². The molecular weight excluding hydrogens is 364 g/mol. The minimum atomic E-state index is -0.173. The van der Waals surface area contributed by atoms with Crippen molar-refractivity contribution in [2.75, 3.05) is 13.2 Å². The van der Waals surface area contributed by atoms with E-state index in [4.69, 9.17) is 4.74 Å². The number of carbonyl (C=O) groups excluding carboxylic acids is 2. The van der Waals surface area contributed by atoms with E-state index in [0.717, 1.165) is 29.5 Å². The molecule has 0 aliphatic heterocycles. The van der Waals surface area contributed by atoms with Crippen molar-refractivity contribution in [2.45, 2.75) is 52.9 Å². The molecule has 1 amide bonds. The lowest BCUT2D eigenvalue weighted by atomic mass is 9.97. The van der Waals surface area contributed by atoms with Crippen molar-refractivity contribution in [2.24, 2.45) is 5.92 Å². The Kier molecular flexibility index (Phi) is 9.35. The van der Waals surface area contributed by atoms with Crippen molar-refractivity contribution in [1.29, 1.82) is 0 Å². The Hall–Kier alpha value is -2.69. The summed E-state index contributed by atoms with van der Waals surface area (Å²) < 4.78 is 5.05. The van der Waals surface area contributed by atoms with Crippen molar-refractivity contribution in [1.82, 2.24) is 10.3 Å². The summed E-state index contributed by atoms with van der Waals surface area (Å²) in [5, 5.41) is 3.00. The third-order valence-electron chi connectivity index (χ3n) is 4.50. The average molecular weight is 397 g/mol. The number of aryl methyl sites for hydroxylation is 1. The zero-order chi connectivity index (χ0) is 21.1. The smallest absolute Gasteiger partial charge is 0.306 e. The zero-order valence-corrected chi connectivity index (χ0v) is 17.7. The molecular formula is C24H32N2O3. The number of pyridine rings is 1. The van der Waals surface area contributed by atoms with E-state index in [0.29, 0.717) is 38.3 Å². The molecule has 2 rings (SSSR count). The van der Waals surface area contributed by atoms with Gasteiger partial charge in [-0.25, -0.2) is 0 Å². The Morgan fingerprint density at radius 3 is 2.45 bits per heavy atom. The predicted octanol–water partition coefficient (Wildman–Crippen LogP) is 3.87. The molecule has 29 heavy (non-hydrogen) atoms. The van der Waals surface area contributed by atoms with Crippen LogP contribution >= 0.6 is 0 Å². The number of nitrogens with one attached hydrogen (secondary N) is 1. The molecule has 0 saturated heterocycles. The van der Waals surface area contributed by atoms with Gasteiger partial charge in [-0.2, -0.15) is 0 Å². The largest absolute Gasteiger partial charge is 0.466 e. The highest BCUT2D eigenvalue weighted by Gasteiger charge is 2.08. The van der Waals surface area contributed by atoms with Gasteiger partial charge in [-0.05, 0) is 60.4 Å². The van der Waals surface area contributed by atoms with Gasteiger partial charge in [0.2, 0.25) is 5.91 Å². The maximum absolute atomic E-state index is 11.9. The topological polar surface area (TPSA) is 68.3 Å². The first-order chi connectivity index (χ1) is 14.0. The second-order valence-corrected chi connectivity index (χ2v) is 7.70. The maximum Gasteiger partial charge on any atom is 0.306 e. The van der Waals surface area contributed by atoms with Gasteiger partial charge in [-0.15, -0.1) is 0 Å². The van der Waals surface area contributed by atoms with E-state index in [1.807, 2.05) is 33.0 Å². The van der Waals surface area contributed by atoms with Gasteiger partial charge < -0.3 is 10.1 Å². The summed E-state index contributed by atoms with van der Waals surface area (Å²) in [6, 6.07) is 10.4. The molecule has 0 unspecified atom stereocenters. The molecule has 0 fully saturated rings. The van der Waals surface area contributed by atoms with E-state index in [1.54, 1.807) is 6.20 Å². The van der Waals surface area contributed by atoms with Crippen molar-refractivity contribution in [3.8, 4) is 0 Å². The molecule has 0 atom stereocenters. The van der Waals surface area contributed by atoms with E-state index in [9.17, 15) is 9.59 Å². The minimum absolute atomic E-state index is 0.0917. The first-order valence-corrected chi connectivity index (χ1v) is 10.4. The SMILES string of the molecule is CCOC(=O)CCc1cc(CCNC(=O)CC(C)C)cc(Cc2cccnc2)c1. The molecule has 0 aliphatic rings. The Bertz CT molecular complexity index is 788. The standard InChI is InChI=1S/C24H32N2O3/c1-4-29-24(28)8-7-19-13-20(9-11-26-23(27)12-18(2)3)15-22(14-19)16-21-6-5-10-25-17-21/h5-6,10,13-15,17-18H,4,7-9,11-12,16H2,1-3H3,(H,26,27). The molecule has 0 aliphatic carbocycles. The van der Waals surface area contributed by atoms with Crippen LogP contribution in [0.1, 0.15) is 55.9 Å². The van der Waals surface area contributed by atoms with Crippen LogP contribution < -0.4 is 5.32 Å². The highest BCUT2D eigenvalue weighted by molar-refractivity contribution is 5.76. The molecule has 1 N–H and O–H groups in total. The van der Waals surface area contributed by atoms with Gasteiger partial charge in [0.1, 0.15) is 0 Å². The van der Waals surface area contributed by atoms with E-state index in [1.165, 1.54) is 5.56 Å². The summed E-state index contributed by atoms with van der Waals surface area (Å²) in [6.07, 6.45) is 6.75. The third kappa shape index (κ3) is 8.90. The lowest BCUT2D eigenvalue weighted by Crippen LogP contribution is -2.26. The van der Waals surface area contributed by atoms with Gasteiger partial charge in [0.15, 0.2) is 0 Å². The summed E-state index contributed by atoms with van der Waals surface area (Å²) >= 11 is 0. The quantitative estimate of drug-likeness (QED) is 0.586. The second-order valence-electron chi connectivity index (χ2n) is 7.70. The number of ether oxygens (including phenoxy) is 1. The van der Waals surface area contributed by atoms with Gasteiger partial charge in [-0.1, -0.05) is 38.1 Å². The molecule has 0 spiro atoms. The summed E-state index contributed by atoms with van der Waals surface area (Å²) in [4.78, 5) is 27.8. The Morgan fingerprint density at radius 2 is 1.79 bits per heavy atom. The van der Waals surface area contributed by atoms with E-state index >= 15 is 0 Å². The Morgan fingerprint density at radius 1 is 1.07 bits per heavy atom. The van der Waals surface area contributed by atoms with E-state index in [-0.39, 0.29) is 11.9 Å². The number of rotatable bonds is 11. The number of nitrogens with zero attached hydrogens (tertiary/aromatic N) is 1. The lowest BCUT2D eigenvalue weighted by Gasteiger charge is -2.12. The molecule has 2 aromatic rings. The summed E-state index contributed by atoms with van der Waals surface area (Å²) in [5.41, 5.74) is 4.60. The van der Waals surface area contributed by atoms with Crippen molar-refractivity contribution in [3.05, 3.63) is 65.0 Å². The summed E-state index contributed by atoms with van der Waals surface area (Å²) in [5.74, 6) is 0.272. The highest BCUT2D eigenvalue weighted by Crippen LogP contribution is 2.17. The molecule has 0 saturated carbocycles. The van der Waals surface area contributed by atoms with Gasteiger partial charge >= 0.3 is 5.97 Å². The Balaban J connectivity index is 2.06. The van der Waals surface area contributed by atoms with Crippen LogP contribution in [0.2, 0.25) is 0 Å². The number of hydrogen-bond acceptors (Lipinski definition) is 4. The van der Waals surface area contributed by atoms with Crippen LogP contribution in [0.25, 0.3) is 0 Å². The number of hydrogen-bond donors (Lipinski definition) is 1. The number of benzene rings is 1. The predicted molar refractivity (Wildman–Crippen MR) is 115 cm³/mol. The number of amides is 1. The monoisotopic (exact) mass is 396 g/mol. The third-order valence-corrected chi connectivity index (χ3v) is 4.50. The van der Waals surface area contributed by atoms with Crippen LogP contribution in [0.3, 0.4) is 0 Å². The van der Waals surface area contributed by atoms with Crippen molar-refractivity contribution in [3.63, 3.8) is 0 Å². The fraction of sp³-hybridized carbons (Fsp3) is 0.458. The van der Waals surface area contributed by atoms with Crippen molar-refractivity contribution >= 4 is 11.9 Å². The van der Waals surface area contributed by atoms with Crippen LogP contribution in [0.5, 0.6) is 0 Å². The zero-order valence-electron chi connectivity index (χ0n) is 17.7. The summed E-state index contributed by atoms with van der Waals surface area (Å²) in [7, 11) is 0. The fourth-order valence-electron chi connectivity index (χ4n) is 3.24. The lowest BCUT2D eigenvalue weighted by molar-refractivity contribution is -0.143. The second kappa shape index (κ2) is 12.0. The highest BCUT2D eigenvalue weighted by atomic mass is 16.5. The van der Waals surface area contributed by atoms with Crippen molar-refractivity contribution < 1.29 is 14.3 Å². The molecule has 156 valence electrons. The molecule has 1 heterocycles. The molecule has 5 heteroatoms. The van der Waals surface area contributed by atoms with Crippen LogP contribution in [0.15, 0.2) is 42.7 Å². The van der Waals surface area contributed by atoms with Crippen LogP contribution in [-0.2, 0) is 33.6 Å². The molecule has 5 nitrogen and oxygen atoms in total. The van der Waals surface area contributed by atoms with Crippen LogP contribution in [0.4, 0.5) is 0 Å². The molecule has 1 aromatic carbocycles. The first-order valence-electron chi connectivity index (χ1n) is 10.4. The average Bonchev–Trinajstić information content (AvgIpc) is 2.67. The van der Waals surface area contributed by atoms with Gasteiger partial charge in [0.25, 0.3) is 0 Å². The first kappa shape index (κ1) is 22.6. The molecule has 1 aromatic heterocycles. The number of esters is 1. The van der Waals surface area contributed by atoms with E-state index < -0.39 is 0 Å². The van der Waals surface area contributed by atoms with Gasteiger partial charge in [0, 0.05) is 31.8 Å². The molecule has 0 bridgehead atoms. The fourth-order valence-corrected chi connectivity index (χ4v) is 3.24. The minimum Gasteiger partial charge on any atom is -0.466 e. The van der Waals surface area contributed by atoms with Crippen LogP contribution in [-0.4, -0.2) is 30.0 Å². The van der Waals surface area contributed by atoms with E-state index in [2.05, 4.69) is 34.6 Å². The number of aromatic nitrogens is 1. The normalized spacial score (nSPS) is 10.8.